The van der Waals surface area contributed by atoms with Crippen LogP contribution in [0.15, 0.2) is 53.4 Å². The predicted molar refractivity (Wildman–Crippen MR) is 100 cm³/mol. The first-order valence-electron chi connectivity index (χ1n) is 8.59. The molecule has 26 heavy (non-hydrogen) atoms. The van der Waals surface area contributed by atoms with E-state index in [2.05, 4.69) is 17.0 Å². The molecular weight excluding hydrogens is 355 g/mol. The minimum atomic E-state index is -3.57. The molecule has 0 bridgehead atoms. The second-order valence-electron chi connectivity index (χ2n) is 5.92. The van der Waals surface area contributed by atoms with Crippen LogP contribution >= 0.6 is 0 Å². The summed E-state index contributed by atoms with van der Waals surface area (Å²) in [6, 6.07) is 11.4. The molecule has 0 atom stereocenters. The zero-order chi connectivity index (χ0) is 19.0. The molecule has 0 radical (unpaired) electrons. The van der Waals surface area contributed by atoms with Crippen molar-refractivity contribution >= 4 is 21.6 Å². The van der Waals surface area contributed by atoms with Gasteiger partial charge in [0.25, 0.3) is 5.91 Å². The molecule has 0 saturated heterocycles. The van der Waals surface area contributed by atoms with E-state index >= 15 is 0 Å². The molecule has 2 rings (SSSR count). The number of rotatable bonds is 9. The van der Waals surface area contributed by atoms with Crippen molar-refractivity contribution in [2.75, 3.05) is 11.9 Å². The summed E-state index contributed by atoms with van der Waals surface area (Å²) in [5.74, 6) is -1.20. The summed E-state index contributed by atoms with van der Waals surface area (Å²) in [6.45, 7) is 2.49. The van der Waals surface area contributed by atoms with Gasteiger partial charge in [-0.05, 0) is 42.8 Å². The number of unbranched alkanes of at least 4 members (excludes halogenated alkanes) is 3. The van der Waals surface area contributed by atoms with Gasteiger partial charge in [0.2, 0.25) is 10.0 Å². The SMILES string of the molecule is CCCCCCNS(=O)(=O)c1ccc(NC(=O)c2ccccc2F)cc1. The Morgan fingerprint density at radius 1 is 1.00 bits per heavy atom. The highest BCUT2D eigenvalue weighted by Gasteiger charge is 2.14. The molecule has 0 saturated carbocycles. The molecule has 0 aliphatic carbocycles. The lowest BCUT2D eigenvalue weighted by molar-refractivity contribution is 0.102. The Balaban J connectivity index is 1.97. The number of nitrogens with one attached hydrogen (secondary N) is 2. The van der Waals surface area contributed by atoms with Gasteiger partial charge in [-0.15, -0.1) is 0 Å². The number of carbonyl (C=O) groups is 1. The Kier molecular flexibility index (Phi) is 7.29. The lowest BCUT2D eigenvalue weighted by Gasteiger charge is -2.09. The Morgan fingerprint density at radius 2 is 1.69 bits per heavy atom. The molecule has 0 unspecified atom stereocenters. The zero-order valence-corrected chi connectivity index (χ0v) is 15.5. The van der Waals surface area contributed by atoms with E-state index in [1.54, 1.807) is 6.07 Å². The van der Waals surface area contributed by atoms with Crippen LogP contribution in [0.25, 0.3) is 0 Å². The molecule has 0 spiro atoms. The van der Waals surface area contributed by atoms with E-state index in [1.165, 1.54) is 42.5 Å². The first-order chi connectivity index (χ1) is 12.4. The van der Waals surface area contributed by atoms with Gasteiger partial charge in [-0.2, -0.15) is 0 Å². The molecule has 140 valence electrons. The van der Waals surface area contributed by atoms with Crippen molar-refractivity contribution < 1.29 is 17.6 Å². The smallest absolute Gasteiger partial charge is 0.258 e. The number of benzene rings is 2. The molecule has 0 aliphatic rings. The standard InChI is InChI=1S/C19H23FN2O3S/c1-2-3-4-7-14-21-26(24,25)16-12-10-15(11-13-16)22-19(23)17-8-5-6-9-18(17)20/h5-6,8-13,21H,2-4,7,14H2,1H3,(H,22,23). The van der Waals surface area contributed by atoms with Crippen LogP contribution < -0.4 is 10.0 Å². The van der Waals surface area contributed by atoms with Crippen LogP contribution in [-0.4, -0.2) is 20.9 Å². The van der Waals surface area contributed by atoms with E-state index in [0.717, 1.165) is 25.7 Å². The summed E-state index contributed by atoms with van der Waals surface area (Å²) in [5.41, 5.74) is 0.318. The fraction of sp³-hybridized carbons (Fsp3) is 0.316. The second-order valence-corrected chi connectivity index (χ2v) is 7.68. The van der Waals surface area contributed by atoms with Crippen molar-refractivity contribution in [3.8, 4) is 0 Å². The van der Waals surface area contributed by atoms with Gasteiger partial charge in [0, 0.05) is 12.2 Å². The third-order valence-corrected chi connectivity index (χ3v) is 5.34. The summed E-state index contributed by atoms with van der Waals surface area (Å²) in [6.07, 6.45) is 3.95. The van der Waals surface area contributed by atoms with Gasteiger partial charge in [0.05, 0.1) is 10.5 Å². The monoisotopic (exact) mass is 378 g/mol. The summed E-state index contributed by atoms with van der Waals surface area (Å²) >= 11 is 0. The number of hydrogen-bond acceptors (Lipinski definition) is 3. The zero-order valence-electron chi connectivity index (χ0n) is 14.7. The lowest BCUT2D eigenvalue weighted by atomic mass is 10.2. The number of carbonyl (C=O) groups excluding carboxylic acids is 1. The average Bonchev–Trinajstić information content (AvgIpc) is 2.62. The van der Waals surface area contributed by atoms with E-state index in [1.807, 2.05) is 0 Å². The maximum atomic E-state index is 13.6. The van der Waals surface area contributed by atoms with Crippen molar-refractivity contribution in [3.05, 3.63) is 59.9 Å². The largest absolute Gasteiger partial charge is 0.322 e. The van der Waals surface area contributed by atoms with Crippen molar-refractivity contribution in [2.24, 2.45) is 0 Å². The van der Waals surface area contributed by atoms with Crippen LogP contribution in [0.5, 0.6) is 0 Å². The molecule has 1 amide bonds. The molecule has 0 heterocycles. The average molecular weight is 378 g/mol. The number of sulfonamides is 1. The minimum absolute atomic E-state index is 0.0713. The van der Waals surface area contributed by atoms with Crippen molar-refractivity contribution in [3.63, 3.8) is 0 Å². The third kappa shape index (κ3) is 5.64. The van der Waals surface area contributed by atoms with Crippen molar-refractivity contribution in [1.29, 1.82) is 0 Å². The van der Waals surface area contributed by atoms with Gasteiger partial charge in [0.1, 0.15) is 5.82 Å². The summed E-state index contributed by atoms with van der Waals surface area (Å²) in [5, 5.41) is 2.55. The molecule has 2 aromatic rings. The highest BCUT2D eigenvalue weighted by molar-refractivity contribution is 7.89. The molecule has 0 aliphatic heterocycles. The van der Waals surface area contributed by atoms with Gasteiger partial charge >= 0.3 is 0 Å². The molecule has 0 fully saturated rings. The number of hydrogen-bond donors (Lipinski definition) is 2. The first-order valence-corrected chi connectivity index (χ1v) is 10.1. The van der Waals surface area contributed by atoms with Gasteiger partial charge in [-0.1, -0.05) is 38.3 Å². The van der Waals surface area contributed by atoms with Crippen LogP contribution in [0.3, 0.4) is 0 Å². The Hall–Kier alpha value is -2.25. The Morgan fingerprint density at radius 3 is 2.35 bits per heavy atom. The van der Waals surface area contributed by atoms with E-state index < -0.39 is 21.7 Å². The molecule has 5 nitrogen and oxygen atoms in total. The van der Waals surface area contributed by atoms with Crippen molar-refractivity contribution in [1.82, 2.24) is 4.72 Å². The highest BCUT2D eigenvalue weighted by atomic mass is 32.2. The Labute approximate surface area is 153 Å². The maximum Gasteiger partial charge on any atom is 0.258 e. The summed E-state index contributed by atoms with van der Waals surface area (Å²) in [4.78, 5) is 12.2. The third-order valence-electron chi connectivity index (χ3n) is 3.86. The summed E-state index contributed by atoms with van der Waals surface area (Å²) in [7, 11) is -3.57. The normalized spacial score (nSPS) is 11.3. The highest BCUT2D eigenvalue weighted by Crippen LogP contribution is 2.16. The molecule has 0 aromatic heterocycles. The minimum Gasteiger partial charge on any atom is -0.322 e. The summed E-state index contributed by atoms with van der Waals surface area (Å²) < 4.78 is 40.6. The molecule has 2 aromatic carbocycles. The number of anilines is 1. The number of amides is 1. The van der Waals surface area contributed by atoms with Crippen LogP contribution in [0, 0.1) is 5.82 Å². The quantitative estimate of drug-likeness (QED) is 0.649. The van der Waals surface area contributed by atoms with Gasteiger partial charge in [-0.25, -0.2) is 17.5 Å². The van der Waals surface area contributed by atoms with Crippen LogP contribution in [0.2, 0.25) is 0 Å². The lowest BCUT2D eigenvalue weighted by Crippen LogP contribution is -2.24. The van der Waals surface area contributed by atoms with Crippen molar-refractivity contribution in [2.45, 2.75) is 37.5 Å². The van der Waals surface area contributed by atoms with Gasteiger partial charge < -0.3 is 5.32 Å². The fourth-order valence-electron chi connectivity index (χ4n) is 2.40. The van der Waals surface area contributed by atoms with Crippen LogP contribution in [0.4, 0.5) is 10.1 Å². The van der Waals surface area contributed by atoms with Crippen LogP contribution in [-0.2, 0) is 10.0 Å². The maximum absolute atomic E-state index is 13.6. The predicted octanol–water partition coefficient (Wildman–Crippen LogP) is 3.94. The topological polar surface area (TPSA) is 75.3 Å². The van der Waals surface area contributed by atoms with Gasteiger partial charge in [-0.3, -0.25) is 4.79 Å². The molecule has 2 N–H and O–H groups in total. The first kappa shape index (κ1) is 20.1. The molecule has 7 heteroatoms. The Bertz CT molecular complexity index is 836. The van der Waals surface area contributed by atoms with E-state index in [-0.39, 0.29) is 10.5 Å². The second kappa shape index (κ2) is 9.45. The van der Waals surface area contributed by atoms with Crippen LogP contribution in [0.1, 0.15) is 43.0 Å². The number of halogens is 1. The fourth-order valence-corrected chi connectivity index (χ4v) is 3.48. The molecular formula is C19H23FN2O3S. The van der Waals surface area contributed by atoms with Gasteiger partial charge in [0.15, 0.2) is 0 Å². The van der Waals surface area contributed by atoms with E-state index in [9.17, 15) is 17.6 Å². The van der Waals surface area contributed by atoms with E-state index in [4.69, 9.17) is 0 Å². The van der Waals surface area contributed by atoms with E-state index in [0.29, 0.717) is 12.2 Å².